The molecule has 0 saturated carbocycles. The van der Waals surface area contributed by atoms with Gasteiger partial charge in [0.05, 0.1) is 12.3 Å². The molecule has 2 rings (SSSR count). The molecule has 1 aromatic heterocycles. The van der Waals surface area contributed by atoms with Crippen LogP contribution in [0.15, 0.2) is 36.5 Å². The smallest absolute Gasteiger partial charge is 0.358 e. The Balaban J connectivity index is 2.06. The number of carbonyl (C=O) groups is 1. The van der Waals surface area contributed by atoms with E-state index in [1.165, 1.54) is 0 Å². The maximum Gasteiger partial charge on any atom is 0.358 e. The zero-order valence-corrected chi connectivity index (χ0v) is 10.9. The van der Waals surface area contributed by atoms with Crippen molar-refractivity contribution in [3.8, 4) is 5.69 Å². The third-order valence-electron chi connectivity index (χ3n) is 2.69. The molecule has 1 aromatic carbocycles. The lowest BCUT2D eigenvalue weighted by molar-refractivity contribution is 0.0492. The van der Waals surface area contributed by atoms with Gasteiger partial charge in [-0.2, -0.15) is 5.10 Å². The molecule has 0 bridgehead atoms. The van der Waals surface area contributed by atoms with Crippen LogP contribution in [-0.4, -0.2) is 22.4 Å². The summed E-state index contributed by atoms with van der Waals surface area (Å²) in [5.74, 6) is -0.386. The van der Waals surface area contributed by atoms with E-state index in [1.807, 2.05) is 19.1 Å². The van der Waals surface area contributed by atoms with Gasteiger partial charge >= 0.3 is 5.97 Å². The van der Waals surface area contributed by atoms with Crippen LogP contribution in [0.1, 0.15) is 30.3 Å². The molecular weight excluding hydrogens is 242 g/mol. The Kier molecular flexibility index (Phi) is 4.18. The number of aromatic nitrogens is 2. The van der Waals surface area contributed by atoms with E-state index in [-0.39, 0.29) is 5.97 Å². The van der Waals surface area contributed by atoms with Gasteiger partial charge in [0.2, 0.25) is 0 Å². The average molecular weight is 259 g/mol. The van der Waals surface area contributed by atoms with Crippen LogP contribution in [0.3, 0.4) is 0 Å². The van der Waals surface area contributed by atoms with E-state index in [0.29, 0.717) is 18.0 Å². The van der Waals surface area contributed by atoms with E-state index < -0.39 is 0 Å². The molecule has 0 aliphatic rings. The average Bonchev–Trinajstić information content (AvgIpc) is 2.89. The second-order valence-corrected chi connectivity index (χ2v) is 4.23. The quantitative estimate of drug-likeness (QED) is 0.508. The zero-order chi connectivity index (χ0) is 13.7. The molecule has 0 unspecified atom stereocenters. The van der Waals surface area contributed by atoms with Gasteiger partial charge in [-0.25, -0.2) is 9.48 Å². The number of carbonyl (C=O) groups excluding carboxylic acids is 1. The number of nitrogen functional groups attached to an aromatic ring is 1. The highest BCUT2D eigenvalue weighted by Crippen LogP contribution is 2.11. The largest absolute Gasteiger partial charge is 0.461 e. The molecule has 0 aliphatic heterocycles. The molecule has 5 heteroatoms. The Hall–Kier alpha value is -2.30. The van der Waals surface area contributed by atoms with E-state index in [2.05, 4.69) is 5.10 Å². The number of nitrogens with zero attached hydrogens (tertiary/aromatic N) is 2. The van der Waals surface area contributed by atoms with Crippen molar-refractivity contribution in [2.75, 3.05) is 12.3 Å². The summed E-state index contributed by atoms with van der Waals surface area (Å²) in [6.07, 6.45) is 3.58. The molecule has 2 N–H and O–H groups in total. The number of rotatable bonds is 5. The van der Waals surface area contributed by atoms with Gasteiger partial charge in [0.1, 0.15) is 0 Å². The molecule has 0 saturated heterocycles. The summed E-state index contributed by atoms with van der Waals surface area (Å²) in [6.45, 7) is 2.48. The summed E-state index contributed by atoms with van der Waals surface area (Å²) >= 11 is 0. The van der Waals surface area contributed by atoms with Crippen LogP contribution in [-0.2, 0) is 4.74 Å². The number of benzene rings is 1. The highest BCUT2D eigenvalue weighted by Gasteiger charge is 2.11. The Morgan fingerprint density at radius 2 is 2.05 bits per heavy atom. The zero-order valence-electron chi connectivity index (χ0n) is 10.9. The predicted octanol–water partition coefficient (Wildman–Crippen LogP) is 2.41. The summed E-state index contributed by atoms with van der Waals surface area (Å²) in [5.41, 5.74) is 7.47. The standard InChI is InChI=1S/C14H17N3O2/c1-2-3-10-19-14(18)13-8-9-17(16-13)12-6-4-11(15)5-7-12/h4-9H,2-3,10,15H2,1H3. The summed E-state index contributed by atoms with van der Waals surface area (Å²) in [5, 5.41) is 4.19. The first kappa shape index (κ1) is 13.1. The fourth-order valence-corrected chi connectivity index (χ4v) is 1.59. The SMILES string of the molecule is CCCCOC(=O)c1ccn(-c2ccc(N)cc2)n1. The van der Waals surface area contributed by atoms with Crippen molar-refractivity contribution < 1.29 is 9.53 Å². The minimum Gasteiger partial charge on any atom is -0.461 e. The Bertz CT molecular complexity index is 546. The minimum atomic E-state index is -0.386. The maximum absolute atomic E-state index is 11.7. The number of unbranched alkanes of at least 4 members (excludes halogenated alkanes) is 1. The Morgan fingerprint density at radius 1 is 1.32 bits per heavy atom. The monoisotopic (exact) mass is 259 g/mol. The van der Waals surface area contributed by atoms with Crippen molar-refractivity contribution in [3.05, 3.63) is 42.2 Å². The number of anilines is 1. The second kappa shape index (κ2) is 6.04. The predicted molar refractivity (Wildman–Crippen MR) is 73.2 cm³/mol. The van der Waals surface area contributed by atoms with Crippen molar-refractivity contribution in [1.82, 2.24) is 9.78 Å². The number of esters is 1. The molecule has 5 nitrogen and oxygen atoms in total. The molecule has 2 aromatic rings. The van der Waals surface area contributed by atoms with E-state index >= 15 is 0 Å². The van der Waals surface area contributed by atoms with Gasteiger partial charge < -0.3 is 10.5 Å². The van der Waals surface area contributed by atoms with Crippen LogP contribution >= 0.6 is 0 Å². The minimum absolute atomic E-state index is 0.313. The summed E-state index contributed by atoms with van der Waals surface area (Å²) in [6, 6.07) is 8.90. The van der Waals surface area contributed by atoms with Crippen LogP contribution in [0.25, 0.3) is 5.69 Å². The van der Waals surface area contributed by atoms with Gasteiger partial charge in [-0.15, -0.1) is 0 Å². The Labute approximate surface area is 112 Å². The van der Waals surface area contributed by atoms with Crippen molar-refractivity contribution >= 4 is 11.7 Å². The van der Waals surface area contributed by atoms with Crippen LogP contribution < -0.4 is 5.73 Å². The van der Waals surface area contributed by atoms with E-state index in [9.17, 15) is 4.79 Å². The molecular formula is C14H17N3O2. The molecule has 0 amide bonds. The van der Waals surface area contributed by atoms with E-state index in [1.54, 1.807) is 29.1 Å². The summed E-state index contributed by atoms with van der Waals surface area (Å²) in [4.78, 5) is 11.7. The number of nitrogens with two attached hydrogens (primary N) is 1. The third kappa shape index (κ3) is 3.34. The number of hydrogen-bond donors (Lipinski definition) is 1. The molecule has 19 heavy (non-hydrogen) atoms. The molecule has 100 valence electrons. The van der Waals surface area contributed by atoms with Crippen LogP contribution in [0, 0.1) is 0 Å². The first-order chi connectivity index (χ1) is 9.20. The fourth-order valence-electron chi connectivity index (χ4n) is 1.59. The van der Waals surface area contributed by atoms with Gasteiger partial charge in [0, 0.05) is 11.9 Å². The molecule has 1 heterocycles. The van der Waals surface area contributed by atoms with E-state index in [0.717, 1.165) is 18.5 Å². The van der Waals surface area contributed by atoms with Crippen molar-refractivity contribution in [2.45, 2.75) is 19.8 Å². The lowest BCUT2D eigenvalue weighted by Gasteiger charge is -2.02. The first-order valence-corrected chi connectivity index (χ1v) is 6.29. The lowest BCUT2D eigenvalue weighted by Crippen LogP contribution is -2.08. The molecule has 0 atom stereocenters. The lowest BCUT2D eigenvalue weighted by atomic mass is 10.3. The molecule has 0 fully saturated rings. The van der Waals surface area contributed by atoms with Crippen molar-refractivity contribution in [2.24, 2.45) is 0 Å². The maximum atomic E-state index is 11.7. The summed E-state index contributed by atoms with van der Waals surface area (Å²) in [7, 11) is 0. The number of ether oxygens (including phenoxy) is 1. The summed E-state index contributed by atoms with van der Waals surface area (Å²) < 4.78 is 6.72. The van der Waals surface area contributed by atoms with Crippen LogP contribution in [0.2, 0.25) is 0 Å². The fraction of sp³-hybridized carbons (Fsp3) is 0.286. The van der Waals surface area contributed by atoms with Gasteiger partial charge in [-0.3, -0.25) is 0 Å². The van der Waals surface area contributed by atoms with Gasteiger partial charge in [-0.1, -0.05) is 13.3 Å². The van der Waals surface area contributed by atoms with Crippen molar-refractivity contribution in [3.63, 3.8) is 0 Å². The van der Waals surface area contributed by atoms with Gasteiger partial charge in [0.25, 0.3) is 0 Å². The van der Waals surface area contributed by atoms with Crippen LogP contribution in [0.4, 0.5) is 5.69 Å². The first-order valence-electron chi connectivity index (χ1n) is 6.29. The topological polar surface area (TPSA) is 70.1 Å². The van der Waals surface area contributed by atoms with Crippen molar-refractivity contribution in [1.29, 1.82) is 0 Å². The normalized spacial score (nSPS) is 10.4. The highest BCUT2D eigenvalue weighted by atomic mass is 16.5. The van der Waals surface area contributed by atoms with Gasteiger partial charge in [0.15, 0.2) is 5.69 Å². The second-order valence-electron chi connectivity index (χ2n) is 4.23. The Morgan fingerprint density at radius 3 is 2.74 bits per heavy atom. The highest BCUT2D eigenvalue weighted by molar-refractivity contribution is 5.87. The molecule has 0 spiro atoms. The molecule has 0 aliphatic carbocycles. The van der Waals surface area contributed by atoms with Gasteiger partial charge in [-0.05, 0) is 36.8 Å². The number of hydrogen-bond acceptors (Lipinski definition) is 4. The molecule has 0 radical (unpaired) electrons. The third-order valence-corrected chi connectivity index (χ3v) is 2.69. The van der Waals surface area contributed by atoms with Crippen LogP contribution in [0.5, 0.6) is 0 Å². The van der Waals surface area contributed by atoms with E-state index in [4.69, 9.17) is 10.5 Å².